The minimum atomic E-state index is -4.42. The average Bonchev–Trinajstić information content (AvgIpc) is 3.44. The number of fused-ring (bicyclic) bond motifs is 1. The van der Waals surface area contributed by atoms with E-state index < -0.39 is 11.7 Å². The number of rotatable bonds is 6. The fraction of sp³-hybridized carbons (Fsp3) is 0.429. The summed E-state index contributed by atoms with van der Waals surface area (Å²) in [6.07, 6.45) is 0.0338. The van der Waals surface area contributed by atoms with Crippen molar-refractivity contribution >= 4 is 22.2 Å². The summed E-state index contributed by atoms with van der Waals surface area (Å²) >= 11 is 1.30. The van der Waals surface area contributed by atoms with Crippen molar-refractivity contribution in [3.8, 4) is 11.3 Å². The Labute approximate surface area is 176 Å². The Morgan fingerprint density at radius 3 is 2.93 bits per heavy atom. The monoisotopic (exact) mass is 437 g/mol. The molecule has 160 valence electrons. The first-order valence-corrected chi connectivity index (χ1v) is 10.8. The van der Waals surface area contributed by atoms with Gasteiger partial charge in [-0.1, -0.05) is 19.1 Å². The quantitative estimate of drug-likeness (QED) is 0.538. The summed E-state index contributed by atoms with van der Waals surface area (Å²) in [4.78, 5) is 20.0. The number of ether oxygens (including phenoxy) is 1. The molecule has 1 atom stereocenters. The number of carbonyl (C=O) groups excluding carboxylic acids is 1. The molecule has 3 aromatic rings. The number of benzene rings is 1. The highest BCUT2D eigenvalue weighted by Crippen LogP contribution is 2.32. The molecule has 0 aliphatic carbocycles. The van der Waals surface area contributed by atoms with E-state index in [0.717, 1.165) is 38.0 Å². The Morgan fingerprint density at radius 2 is 2.23 bits per heavy atom. The third-order valence-corrected chi connectivity index (χ3v) is 5.98. The first kappa shape index (κ1) is 20.9. The number of imidazole rings is 1. The molecule has 1 aromatic carbocycles. The van der Waals surface area contributed by atoms with Gasteiger partial charge in [0.15, 0.2) is 4.96 Å². The van der Waals surface area contributed by atoms with E-state index in [1.165, 1.54) is 17.4 Å². The Kier molecular flexibility index (Phi) is 5.84. The zero-order valence-corrected chi connectivity index (χ0v) is 17.3. The first-order chi connectivity index (χ1) is 14.4. The van der Waals surface area contributed by atoms with E-state index in [4.69, 9.17) is 4.74 Å². The maximum absolute atomic E-state index is 13.2. The van der Waals surface area contributed by atoms with Gasteiger partial charge in [0.25, 0.3) is 5.91 Å². The van der Waals surface area contributed by atoms with E-state index in [-0.39, 0.29) is 12.0 Å². The number of aromatic nitrogens is 2. The summed E-state index contributed by atoms with van der Waals surface area (Å²) in [5.74, 6) is -0.119. The third-order valence-electron chi connectivity index (χ3n) is 5.14. The van der Waals surface area contributed by atoms with Gasteiger partial charge in [0.05, 0.1) is 17.4 Å². The normalized spacial score (nSPS) is 17.0. The van der Waals surface area contributed by atoms with Gasteiger partial charge in [0, 0.05) is 36.8 Å². The molecule has 30 heavy (non-hydrogen) atoms. The molecular weight excluding hydrogens is 415 g/mol. The Bertz CT molecular complexity index is 1040. The molecule has 0 saturated carbocycles. The standard InChI is InChI=1S/C21H22F3N3O2S/c1-2-8-26(11-16-7-4-9-29-16)19(28)18-13-30-20-25-17(12-27(18)20)14-5-3-6-15(10-14)21(22,23)24/h3,5-6,10,12-13,16H,2,4,7-9,11H2,1H3. The Morgan fingerprint density at radius 1 is 1.40 bits per heavy atom. The SMILES string of the molecule is CCCN(CC1CCCO1)C(=O)c1csc2nc(-c3cccc(C(F)(F)F)c3)cn12. The summed E-state index contributed by atoms with van der Waals surface area (Å²) < 4.78 is 46.5. The van der Waals surface area contributed by atoms with E-state index in [0.29, 0.717) is 35.0 Å². The number of hydrogen-bond acceptors (Lipinski definition) is 4. The molecule has 1 fully saturated rings. The fourth-order valence-corrected chi connectivity index (χ4v) is 4.52. The molecule has 1 amide bonds. The second-order valence-corrected chi connectivity index (χ2v) is 8.20. The van der Waals surface area contributed by atoms with Gasteiger partial charge in [0.1, 0.15) is 5.69 Å². The molecule has 9 heteroatoms. The minimum absolute atomic E-state index is 0.0538. The van der Waals surface area contributed by atoms with Crippen molar-refractivity contribution in [1.82, 2.24) is 14.3 Å². The van der Waals surface area contributed by atoms with Crippen LogP contribution in [0, 0.1) is 0 Å². The van der Waals surface area contributed by atoms with Crippen LogP contribution in [0.25, 0.3) is 16.2 Å². The number of amides is 1. The lowest BCUT2D eigenvalue weighted by Crippen LogP contribution is -2.38. The summed E-state index contributed by atoms with van der Waals surface area (Å²) in [5.41, 5.74) is 0.512. The first-order valence-electron chi connectivity index (χ1n) is 9.92. The zero-order chi connectivity index (χ0) is 21.3. The van der Waals surface area contributed by atoms with Crippen LogP contribution in [0.1, 0.15) is 42.2 Å². The molecule has 1 saturated heterocycles. The highest BCUT2D eigenvalue weighted by atomic mass is 32.1. The van der Waals surface area contributed by atoms with Crippen molar-refractivity contribution in [3.05, 3.63) is 47.1 Å². The van der Waals surface area contributed by atoms with Gasteiger partial charge in [0.2, 0.25) is 0 Å². The van der Waals surface area contributed by atoms with Crippen LogP contribution < -0.4 is 0 Å². The van der Waals surface area contributed by atoms with Crippen molar-refractivity contribution in [2.45, 2.75) is 38.5 Å². The van der Waals surface area contributed by atoms with Crippen molar-refractivity contribution < 1.29 is 22.7 Å². The molecule has 4 rings (SSSR count). The van der Waals surface area contributed by atoms with E-state index in [2.05, 4.69) is 4.98 Å². The van der Waals surface area contributed by atoms with Crippen LogP contribution in [-0.4, -0.2) is 46.0 Å². The predicted molar refractivity (Wildman–Crippen MR) is 109 cm³/mol. The molecular formula is C21H22F3N3O2S. The zero-order valence-electron chi connectivity index (χ0n) is 16.5. The van der Waals surface area contributed by atoms with Gasteiger partial charge >= 0.3 is 6.18 Å². The number of hydrogen-bond donors (Lipinski definition) is 0. The third kappa shape index (κ3) is 4.22. The second-order valence-electron chi connectivity index (χ2n) is 7.36. The van der Waals surface area contributed by atoms with Crippen LogP contribution in [0.2, 0.25) is 0 Å². The van der Waals surface area contributed by atoms with Gasteiger partial charge < -0.3 is 9.64 Å². The number of halogens is 3. The smallest absolute Gasteiger partial charge is 0.376 e. The molecule has 3 heterocycles. The molecule has 0 spiro atoms. The average molecular weight is 437 g/mol. The van der Waals surface area contributed by atoms with E-state index in [1.807, 2.05) is 6.92 Å². The highest BCUT2D eigenvalue weighted by Gasteiger charge is 2.31. The summed E-state index contributed by atoms with van der Waals surface area (Å²) in [6.45, 7) is 3.90. The lowest BCUT2D eigenvalue weighted by molar-refractivity contribution is -0.137. The number of alkyl halides is 3. The lowest BCUT2D eigenvalue weighted by Gasteiger charge is -2.24. The molecule has 5 nitrogen and oxygen atoms in total. The van der Waals surface area contributed by atoms with Crippen molar-refractivity contribution in [1.29, 1.82) is 0 Å². The lowest BCUT2D eigenvalue weighted by atomic mass is 10.1. The van der Waals surface area contributed by atoms with Crippen LogP contribution in [0.3, 0.4) is 0 Å². The molecule has 1 unspecified atom stereocenters. The summed E-state index contributed by atoms with van der Waals surface area (Å²) in [5, 5.41) is 1.75. The number of carbonyl (C=O) groups is 1. The summed E-state index contributed by atoms with van der Waals surface area (Å²) in [6, 6.07) is 5.06. The molecule has 1 aliphatic heterocycles. The van der Waals surface area contributed by atoms with Gasteiger partial charge in [-0.05, 0) is 31.4 Å². The van der Waals surface area contributed by atoms with Crippen LogP contribution in [0.5, 0.6) is 0 Å². The van der Waals surface area contributed by atoms with Gasteiger partial charge in [-0.25, -0.2) is 4.98 Å². The van der Waals surface area contributed by atoms with Crippen LogP contribution in [0.4, 0.5) is 13.2 Å². The Hall–Kier alpha value is -2.39. The van der Waals surface area contributed by atoms with Gasteiger partial charge in [-0.15, -0.1) is 11.3 Å². The second kappa shape index (κ2) is 8.39. The Balaban J connectivity index is 1.63. The van der Waals surface area contributed by atoms with Crippen molar-refractivity contribution in [2.24, 2.45) is 0 Å². The van der Waals surface area contributed by atoms with E-state index in [9.17, 15) is 18.0 Å². The fourth-order valence-electron chi connectivity index (χ4n) is 3.67. The molecule has 0 bridgehead atoms. The topological polar surface area (TPSA) is 46.8 Å². The van der Waals surface area contributed by atoms with Crippen LogP contribution in [-0.2, 0) is 10.9 Å². The predicted octanol–water partition coefficient (Wildman–Crippen LogP) is 5.11. The maximum atomic E-state index is 13.2. The van der Waals surface area contributed by atoms with Crippen molar-refractivity contribution in [2.75, 3.05) is 19.7 Å². The highest BCUT2D eigenvalue weighted by molar-refractivity contribution is 7.15. The molecule has 1 aliphatic rings. The van der Waals surface area contributed by atoms with E-state index in [1.54, 1.807) is 26.9 Å². The van der Waals surface area contributed by atoms with Crippen LogP contribution >= 0.6 is 11.3 Å². The van der Waals surface area contributed by atoms with Crippen molar-refractivity contribution in [3.63, 3.8) is 0 Å². The molecule has 0 N–H and O–H groups in total. The summed E-state index contributed by atoms with van der Waals surface area (Å²) in [7, 11) is 0. The number of nitrogens with zero attached hydrogens (tertiary/aromatic N) is 3. The van der Waals surface area contributed by atoms with Crippen LogP contribution in [0.15, 0.2) is 35.8 Å². The number of thiazole rings is 1. The molecule has 0 radical (unpaired) electrons. The maximum Gasteiger partial charge on any atom is 0.416 e. The molecule has 2 aromatic heterocycles. The minimum Gasteiger partial charge on any atom is -0.376 e. The van der Waals surface area contributed by atoms with Gasteiger partial charge in [-0.3, -0.25) is 9.20 Å². The van der Waals surface area contributed by atoms with Gasteiger partial charge in [-0.2, -0.15) is 13.2 Å². The largest absolute Gasteiger partial charge is 0.416 e. The van der Waals surface area contributed by atoms with E-state index >= 15 is 0 Å².